The van der Waals surface area contributed by atoms with Gasteiger partial charge < -0.3 is 24.0 Å². The average Bonchev–Trinajstić information content (AvgIpc) is 3.55. The lowest BCUT2D eigenvalue weighted by atomic mass is 10.0. The molecule has 4 rings (SSSR count). The third-order valence-corrected chi connectivity index (χ3v) is 6.89. The van der Waals surface area contributed by atoms with Gasteiger partial charge >= 0.3 is 0 Å². The predicted molar refractivity (Wildman–Crippen MR) is 130 cm³/mol. The highest BCUT2D eigenvalue weighted by molar-refractivity contribution is 5.93. The third kappa shape index (κ3) is 5.85. The molecule has 0 saturated carbocycles. The zero-order valence-electron chi connectivity index (χ0n) is 20.6. The number of hydrogen-bond acceptors (Lipinski definition) is 6. The summed E-state index contributed by atoms with van der Waals surface area (Å²) in [5.41, 5.74) is 3.37. The topological polar surface area (TPSA) is 79.1 Å². The Balaban J connectivity index is 1.44. The maximum Gasteiger partial charge on any atom is 0.276 e. The molecule has 34 heavy (non-hydrogen) atoms. The van der Waals surface area contributed by atoms with E-state index >= 15 is 0 Å². The molecule has 2 aliphatic heterocycles. The van der Waals surface area contributed by atoms with Gasteiger partial charge in [0, 0.05) is 63.9 Å². The van der Waals surface area contributed by atoms with E-state index in [-0.39, 0.29) is 23.6 Å². The van der Waals surface area contributed by atoms with Gasteiger partial charge in [-0.1, -0.05) is 29.8 Å². The number of likely N-dealkylation sites (N-methyl/N-ethyl adjacent to an activating group) is 1. The molecule has 0 radical (unpaired) electrons. The highest BCUT2D eigenvalue weighted by Gasteiger charge is 2.28. The van der Waals surface area contributed by atoms with Crippen molar-refractivity contribution >= 4 is 11.8 Å². The van der Waals surface area contributed by atoms with Crippen molar-refractivity contribution in [1.29, 1.82) is 0 Å². The molecule has 0 spiro atoms. The first-order chi connectivity index (χ1) is 16.4. The molecule has 0 aliphatic carbocycles. The number of aromatic nitrogens is 1. The Bertz CT molecular complexity index is 990. The minimum atomic E-state index is -0.223. The van der Waals surface area contributed by atoms with E-state index in [1.165, 1.54) is 0 Å². The molecular weight excluding hydrogens is 432 g/mol. The molecule has 3 heterocycles. The van der Waals surface area contributed by atoms with E-state index in [9.17, 15) is 9.59 Å². The lowest BCUT2D eigenvalue weighted by molar-refractivity contribution is -0.133. The molecule has 0 unspecified atom stereocenters. The monoisotopic (exact) mass is 468 g/mol. The van der Waals surface area contributed by atoms with Crippen LogP contribution >= 0.6 is 0 Å². The lowest BCUT2D eigenvalue weighted by Crippen LogP contribution is -2.49. The second-order valence-electron chi connectivity index (χ2n) is 9.35. The van der Waals surface area contributed by atoms with Crippen LogP contribution in [-0.2, 0) is 9.53 Å². The van der Waals surface area contributed by atoms with Crippen LogP contribution in [0.5, 0.6) is 0 Å². The van der Waals surface area contributed by atoms with Crippen LogP contribution < -0.4 is 0 Å². The van der Waals surface area contributed by atoms with Gasteiger partial charge in [-0.3, -0.25) is 9.59 Å². The SMILES string of the molecule is CCN1CCN(C(=O)CCN(C[C@H]2CCCO2)C(=O)c2cc(-c3cc(C)ccc3C)on2)CC1. The van der Waals surface area contributed by atoms with Crippen molar-refractivity contribution in [3.63, 3.8) is 0 Å². The van der Waals surface area contributed by atoms with Crippen molar-refractivity contribution in [2.75, 3.05) is 52.4 Å². The Kier molecular flexibility index (Phi) is 8.00. The quantitative estimate of drug-likeness (QED) is 0.592. The smallest absolute Gasteiger partial charge is 0.276 e. The van der Waals surface area contributed by atoms with Crippen LogP contribution in [0, 0.1) is 13.8 Å². The second-order valence-corrected chi connectivity index (χ2v) is 9.35. The fourth-order valence-electron chi connectivity index (χ4n) is 4.68. The van der Waals surface area contributed by atoms with E-state index in [2.05, 4.69) is 17.0 Å². The van der Waals surface area contributed by atoms with Gasteiger partial charge in [-0.05, 0) is 44.9 Å². The van der Waals surface area contributed by atoms with Crippen LogP contribution in [0.1, 0.15) is 47.8 Å². The fourth-order valence-corrected chi connectivity index (χ4v) is 4.68. The molecule has 2 fully saturated rings. The highest BCUT2D eigenvalue weighted by Crippen LogP contribution is 2.26. The maximum absolute atomic E-state index is 13.4. The molecule has 2 amide bonds. The second kappa shape index (κ2) is 11.1. The molecule has 1 aromatic heterocycles. The number of rotatable bonds is 8. The van der Waals surface area contributed by atoms with E-state index in [4.69, 9.17) is 9.26 Å². The number of amides is 2. The predicted octanol–water partition coefficient (Wildman–Crippen LogP) is 3.13. The Labute approximate surface area is 201 Å². The molecule has 1 atom stereocenters. The van der Waals surface area contributed by atoms with Crippen LogP contribution in [0.15, 0.2) is 28.8 Å². The Morgan fingerprint density at radius 1 is 1.15 bits per heavy atom. The van der Waals surface area contributed by atoms with Gasteiger partial charge in [-0.15, -0.1) is 0 Å². The normalized spacial score (nSPS) is 18.9. The van der Waals surface area contributed by atoms with E-state index in [1.54, 1.807) is 11.0 Å². The number of carbonyl (C=O) groups is 2. The Morgan fingerprint density at radius 3 is 2.65 bits per heavy atom. The van der Waals surface area contributed by atoms with Gasteiger partial charge in [0.2, 0.25) is 5.91 Å². The first-order valence-electron chi connectivity index (χ1n) is 12.4. The fraction of sp³-hybridized carbons (Fsp3) is 0.577. The average molecular weight is 469 g/mol. The number of nitrogens with zero attached hydrogens (tertiary/aromatic N) is 4. The summed E-state index contributed by atoms with van der Waals surface area (Å²) in [6.45, 7) is 12.0. The summed E-state index contributed by atoms with van der Waals surface area (Å²) in [5.74, 6) is 0.447. The van der Waals surface area contributed by atoms with Crippen molar-refractivity contribution in [2.45, 2.75) is 46.1 Å². The van der Waals surface area contributed by atoms with Crippen molar-refractivity contribution in [3.05, 3.63) is 41.1 Å². The molecule has 184 valence electrons. The van der Waals surface area contributed by atoms with Crippen molar-refractivity contribution in [1.82, 2.24) is 19.9 Å². The zero-order valence-corrected chi connectivity index (χ0v) is 20.6. The first-order valence-corrected chi connectivity index (χ1v) is 12.4. The molecule has 0 N–H and O–H groups in total. The number of benzene rings is 1. The van der Waals surface area contributed by atoms with Crippen molar-refractivity contribution in [3.8, 4) is 11.3 Å². The van der Waals surface area contributed by atoms with Gasteiger partial charge in [-0.25, -0.2) is 0 Å². The summed E-state index contributed by atoms with van der Waals surface area (Å²) in [7, 11) is 0. The maximum atomic E-state index is 13.4. The third-order valence-electron chi connectivity index (χ3n) is 6.89. The molecular formula is C26H36N4O4. The molecule has 2 aliphatic rings. The van der Waals surface area contributed by atoms with E-state index in [1.807, 2.05) is 36.9 Å². The van der Waals surface area contributed by atoms with Crippen molar-refractivity contribution < 1.29 is 18.8 Å². The first kappa shape index (κ1) is 24.4. The molecule has 0 bridgehead atoms. The van der Waals surface area contributed by atoms with E-state index < -0.39 is 0 Å². The number of hydrogen-bond donors (Lipinski definition) is 0. The van der Waals surface area contributed by atoms with Crippen LogP contribution in [0.3, 0.4) is 0 Å². The molecule has 8 heteroatoms. The minimum absolute atomic E-state index is 0.00228. The number of aryl methyl sites for hydroxylation is 2. The van der Waals surface area contributed by atoms with Gasteiger partial charge in [-0.2, -0.15) is 0 Å². The van der Waals surface area contributed by atoms with Crippen molar-refractivity contribution in [2.24, 2.45) is 0 Å². The van der Waals surface area contributed by atoms with Gasteiger partial charge in [0.15, 0.2) is 11.5 Å². The number of carbonyl (C=O) groups excluding carboxylic acids is 2. The van der Waals surface area contributed by atoms with Crippen LogP contribution in [-0.4, -0.2) is 90.2 Å². The summed E-state index contributed by atoms with van der Waals surface area (Å²) in [5, 5.41) is 4.09. The lowest BCUT2D eigenvalue weighted by Gasteiger charge is -2.34. The molecule has 2 aromatic rings. The molecule has 1 aromatic carbocycles. The largest absolute Gasteiger partial charge is 0.376 e. The molecule has 8 nitrogen and oxygen atoms in total. The standard InChI is InChI=1S/C26H36N4O4/c1-4-28-11-13-29(14-12-28)25(31)9-10-30(18-21-6-5-15-33-21)26(32)23-17-24(34-27-23)22-16-19(2)7-8-20(22)3/h7-8,16-17,21H,4-6,9-15,18H2,1-3H3/t21-/m1/s1. The minimum Gasteiger partial charge on any atom is -0.376 e. The van der Waals surface area contributed by atoms with E-state index in [0.717, 1.165) is 62.3 Å². The van der Waals surface area contributed by atoms with Crippen LogP contribution in [0.25, 0.3) is 11.3 Å². The summed E-state index contributed by atoms with van der Waals surface area (Å²) < 4.78 is 11.3. The summed E-state index contributed by atoms with van der Waals surface area (Å²) >= 11 is 0. The Hall–Kier alpha value is -2.71. The zero-order chi connectivity index (χ0) is 24.1. The van der Waals surface area contributed by atoms with E-state index in [0.29, 0.717) is 31.9 Å². The summed E-state index contributed by atoms with van der Waals surface area (Å²) in [4.78, 5) is 32.2. The Morgan fingerprint density at radius 2 is 1.94 bits per heavy atom. The summed E-state index contributed by atoms with van der Waals surface area (Å²) in [6, 6.07) is 7.82. The van der Waals surface area contributed by atoms with Gasteiger partial charge in [0.05, 0.1) is 6.10 Å². The van der Waals surface area contributed by atoms with Gasteiger partial charge in [0.1, 0.15) is 0 Å². The number of ether oxygens (including phenoxy) is 1. The molecule has 2 saturated heterocycles. The summed E-state index contributed by atoms with van der Waals surface area (Å²) in [6.07, 6.45) is 2.21. The highest BCUT2D eigenvalue weighted by atomic mass is 16.5. The van der Waals surface area contributed by atoms with Gasteiger partial charge in [0.25, 0.3) is 5.91 Å². The van der Waals surface area contributed by atoms with Crippen LogP contribution in [0.2, 0.25) is 0 Å². The van der Waals surface area contributed by atoms with Crippen LogP contribution in [0.4, 0.5) is 0 Å². The number of piperazine rings is 1.